The summed E-state index contributed by atoms with van der Waals surface area (Å²) in [5.41, 5.74) is 2.40. The molecule has 0 radical (unpaired) electrons. The number of hydrogen-bond acceptors (Lipinski definition) is 5. The van der Waals surface area contributed by atoms with Gasteiger partial charge in [0.25, 0.3) is 11.9 Å². The number of anilines is 2. The van der Waals surface area contributed by atoms with Gasteiger partial charge in [-0.3, -0.25) is 14.9 Å². The summed E-state index contributed by atoms with van der Waals surface area (Å²) in [7, 11) is 0. The number of rotatable bonds is 4. The summed E-state index contributed by atoms with van der Waals surface area (Å²) in [6, 6.07) is 11.8. The number of benzene rings is 2. The smallest absolute Gasteiger partial charge is 0.258 e. The molecule has 0 fully saturated rings. The van der Waals surface area contributed by atoms with Crippen molar-refractivity contribution in [3.05, 3.63) is 63.5 Å². The minimum absolute atomic E-state index is 0.165. The molecule has 0 aliphatic heterocycles. The first-order valence-corrected chi connectivity index (χ1v) is 10.0. The number of hydrogen-bond donors (Lipinski definition) is 2. The van der Waals surface area contributed by atoms with Crippen molar-refractivity contribution in [1.29, 1.82) is 0 Å². The average molecular weight is 446 g/mol. The van der Waals surface area contributed by atoms with Crippen LogP contribution in [0, 0.1) is 0 Å². The molecule has 0 saturated carbocycles. The maximum absolute atomic E-state index is 12.6. The quantitative estimate of drug-likeness (QED) is 0.463. The highest BCUT2D eigenvalue weighted by atomic mass is 35.5. The van der Waals surface area contributed by atoms with E-state index in [4.69, 9.17) is 23.2 Å². The summed E-state index contributed by atoms with van der Waals surface area (Å²) in [6.07, 6.45) is 0. The summed E-state index contributed by atoms with van der Waals surface area (Å²) >= 11 is 13.6. The van der Waals surface area contributed by atoms with Crippen molar-refractivity contribution in [3.63, 3.8) is 0 Å². The first-order valence-electron chi connectivity index (χ1n) is 8.39. The Kier molecular flexibility index (Phi) is 5.23. The van der Waals surface area contributed by atoms with Gasteiger partial charge >= 0.3 is 0 Å². The molecular formula is C19H13Cl2N5O2S. The molecule has 2 aromatic heterocycles. The van der Waals surface area contributed by atoms with E-state index in [2.05, 4.69) is 20.7 Å². The largest absolute Gasteiger partial charge is 0.326 e. The van der Waals surface area contributed by atoms with Crippen molar-refractivity contribution in [1.82, 2.24) is 14.6 Å². The molecule has 10 heteroatoms. The Labute approximate surface area is 179 Å². The zero-order valence-electron chi connectivity index (χ0n) is 14.9. The monoisotopic (exact) mass is 445 g/mol. The van der Waals surface area contributed by atoms with Gasteiger partial charge in [0.05, 0.1) is 10.7 Å². The van der Waals surface area contributed by atoms with Crippen LogP contribution in [0.3, 0.4) is 0 Å². The van der Waals surface area contributed by atoms with Gasteiger partial charge in [0, 0.05) is 34.1 Å². The summed E-state index contributed by atoms with van der Waals surface area (Å²) < 4.78 is 1.61. The Hall–Kier alpha value is -2.94. The lowest BCUT2D eigenvalue weighted by molar-refractivity contribution is -0.114. The van der Waals surface area contributed by atoms with Crippen LogP contribution in [-0.2, 0) is 4.79 Å². The third-order valence-electron chi connectivity index (χ3n) is 3.96. The highest BCUT2D eigenvalue weighted by Gasteiger charge is 2.16. The minimum Gasteiger partial charge on any atom is -0.326 e. The fourth-order valence-corrected chi connectivity index (χ4v) is 4.06. The molecule has 4 rings (SSSR count). The van der Waals surface area contributed by atoms with Gasteiger partial charge in [-0.25, -0.2) is 4.52 Å². The first kappa shape index (κ1) is 19.4. The molecule has 2 amide bonds. The molecular weight excluding hydrogens is 433 g/mol. The summed E-state index contributed by atoms with van der Waals surface area (Å²) in [6.45, 7) is 1.40. The van der Waals surface area contributed by atoms with Gasteiger partial charge in [0.15, 0.2) is 0 Å². The molecule has 4 aromatic rings. The molecule has 2 N–H and O–H groups in total. The van der Waals surface area contributed by atoms with E-state index < -0.39 is 0 Å². The molecule has 146 valence electrons. The number of carbonyl (C=O) groups excluding carboxylic acids is 2. The standard InChI is InChI=1S/C19H13Cl2N5O2S/c1-10(27)22-13-4-2-3-11(7-13)17(28)23-18-24-19-26(25-18)16(9-29-19)14-6-5-12(20)8-15(14)21/h2-9H,1H3,(H,22,27)(H,23,25,28). The van der Waals surface area contributed by atoms with E-state index in [1.54, 1.807) is 47.0 Å². The molecule has 0 unspecified atom stereocenters. The van der Waals surface area contributed by atoms with Crippen LogP contribution in [-0.4, -0.2) is 26.4 Å². The van der Waals surface area contributed by atoms with E-state index in [1.165, 1.54) is 18.3 Å². The molecule has 7 nitrogen and oxygen atoms in total. The fraction of sp³-hybridized carbons (Fsp3) is 0.0526. The van der Waals surface area contributed by atoms with Crippen molar-refractivity contribution in [2.75, 3.05) is 10.6 Å². The second kappa shape index (κ2) is 7.82. The minimum atomic E-state index is -0.387. The molecule has 0 aliphatic carbocycles. The third kappa shape index (κ3) is 4.09. The van der Waals surface area contributed by atoms with Crippen LogP contribution in [0.15, 0.2) is 47.8 Å². The number of nitrogens with zero attached hydrogens (tertiary/aromatic N) is 3. The lowest BCUT2D eigenvalue weighted by Gasteiger charge is -2.05. The van der Waals surface area contributed by atoms with E-state index in [1.807, 2.05) is 5.38 Å². The van der Waals surface area contributed by atoms with Crippen LogP contribution in [0.1, 0.15) is 17.3 Å². The van der Waals surface area contributed by atoms with Gasteiger partial charge in [0.1, 0.15) is 0 Å². The van der Waals surface area contributed by atoms with Crippen LogP contribution >= 0.6 is 34.5 Å². The Morgan fingerprint density at radius 1 is 1.10 bits per heavy atom. The van der Waals surface area contributed by atoms with Crippen molar-refractivity contribution in [2.24, 2.45) is 0 Å². The summed E-state index contributed by atoms with van der Waals surface area (Å²) in [4.78, 5) is 28.7. The highest BCUT2D eigenvalue weighted by Crippen LogP contribution is 2.33. The van der Waals surface area contributed by atoms with Gasteiger partial charge in [-0.2, -0.15) is 4.98 Å². The number of nitrogens with one attached hydrogen (secondary N) is 2. The van der Waals surface area contributed by atoms with Crippen LogP contribution in [0.2, 0.25) is 10.0 Å². The maximum Gasteiger partial charge on any atom is 0.258 e. The lowest BCUT2D eigenvalue weighted by atomic mass is 10.2. The molecule has 2 heterocycles. The Morgan fingerprint density at radius 3 is 2.69 bits per heavy atom. The van der Waals surface area contributed by atoms with E-state index in [-0.39, 0.29) is 17.8 Å². The first-order chi connectivity index (χ1) is 13.9. The number of amides is 2. The average Bonchev–Trinajstić information content (AvgIpc) is 3.22. The van der Waals surface area contributed by atoms with Crippen molar-refractivity contribution in [3.8, 4) is 11.3 Å². The van der Waals surface area contributed by atoms with Gasteiger partial charge in [-0.15, -0.1) is 16.4 Å². The maximum atomic E-state index is 12.6. The third-order valence-corrected chi connectivity index (χ3v) is 5.32. The van der Waals surface area contributed by atoms with Crippen molar-refractivity contribution >= 4 is 62.9 Å². The van der Waals surface area contributed by atoms with Crippen LogP contribution in [0.4, 0.5) is 11.6 Å². The van der Waals surface area contributed by atoms with Crippen molar-refractivity contribution < 1.29 is 9.59 Å². The topological polar surface area (TPSA) is 88.4 Å². The molecule has 0 saturated heterocycles. The number of aromatic nitrogens is 3. The molecule has 0 bridgehead atoms. The number of fused-ring (bicyclic) bond motifs is 1. The highest BCUT2D eigenvalue weighted by molar-refractivity contribution is 7.15. The van der Waals surface area contributed by atoms with Crippen LogP contribution in [0.5, 0.6) is 0 Å². The van der Waals surface area contributed by atoms with E-state index in [0.29, 0.717) is 26.3 Å². The molecule has 0 atom stereocenters. The number of carbonyl (C=O) groups is 2. The molecule has 0 spiro atoms. The molecule has 29 heavy (non-hydrogen) atoms. The Morgan fingerprint density at radius 2 is 1.93 bits per heavy atom. The zero-order valence-corrected chi connectivity index (χ0v) is 17.3. The van der Waals surface area contributed by atoms with Gasteiger partial charge in [0.2, 0.25) is 10.9 Å². The Balaban J connectivity index is 1.60. The van der Waals surface area contributed by atoms with Crippen LogP contribution < -0.4 is 10.6 Å². The van der Waals surface area contributed by atoms with Crippen LogP contribution in [0.25, 0.3) is 16.2 Å². The Bertz CT molecular complexity index is 1250. The van der Waals surface area contributed by atoms with Gasteiger partial charge in [-0.05, 0) is 36.4 Å². The molecule has 0 aliphatic rings. The summed E-state index contributed by atoms with van der Waals surface area (Å²) in [5.74, 6) is -0.438. The summed E-state index contributed by atoms with van der Waals surface area (Å²) in [5, 5.41) is 12.6. The van der Waals surface area contributed by atoms with E-state index >= 15 is 0 Å². The van der Waals surface area contributed by atoms with Gasteiger partial charge in [-0.1, -0.05) is 29.3 Å². The van der Waals surface area contributed by atoms with Gasteiger partial charge < -0.3 is 5.32 Å². The predicted octanol–water partition coefficient (Wildman–Crippen LogP) is 4.98. The second-order valence-corrected chi connectivity index (χ2v) is 7.77. The normalized spacial score (nSPS) is 10.9. The van der Waals surface area contributed by atoms with E-state index in [9.17, 15) is 9.59 Å². The van der Waals surface area contributed by atoms with E-state index in [0.717, 1.165) is 11.3 Å². The number of halogens is 2. The fourth-order valence-electron chi connectivity index (χ4n) is 2.73. The SMILES string of the molecule is CC(=O)Nc1cccc(C(=O)Nc2nc3scc(-c4ccc(Cl)cc4Cl)n3n2)c1. The molecule has 2 aromatic carbocycles. The lowest BCUT2D eigenvalue weighted by Crippen LogP contribution is -2.14. The second-order valence-electron chi connectivity index (χ2n) is 6.09. The van der Waals surface area contributed by atoms with Crippen molar-refractivity contribution in [2.45, 2.75) is 6.92 Å². The zero-order chi connectivity index (χ0) is 20.5. The predicted molar refractivity (Wildman–Crippen MR) is 115 cm³/mol. The number of thiazole rings is 1.